The van der Waals surface area contributed by atoms with Gasteiger partial charge in [0.1, 0.15) is 5.75 Å². The molecule has 4 heteroatoms. The van der Waals surface area contributed by atoms with Crippen LogP contribution in [-0.4, -0.2) is 36.3 Å². The van der Waals surface area contributed by atoms with Crippen molar-refractivity contribution in [2.45, 2.75) is 76.0 Å². The van der Waals surface area contributed by atoms with Gasteiger partial charge < -0.3 is 9.64 Å². The summed E-state index contributed by atoms with van der Waals surface area (Å²) in [6.07, 6.45) is 2.64. The van der Waals surface area contributed by atoms with Crippen molar-refractivity contribution >= 4 is 21.8 Å². The fourth-order valence-corrected chi connectivity index (χ4v) is 8.73. The van der Waals surface area contributed by atoms with Gasteiger partial charge in [-0.25, -0.2) is 0 Å². The predicted octanol–water partition coefficient (Wildman–Crippen LogP) is 6.15. The van der Waals surface area contributed by atoms with Crippen LogP contribution in [0.2, 0.25) is 51.4 Å². The Hall–Kier alpha value is -0.746. The number of methoxy groups -OCH3 is 1. The van der Waals surface area contributed by atoms with Gasteiger partial charge in [-0.05, 0) is 47.9 Å². The van der Waals surface area contributed by atoms with Crippen LogP contribution in [0.3, 0.4) is 0 Å². The summed E-state index contributed by atoms with van der Waals surface area (Å²) in [5, 5.41) is 0. The molecular formula is C21H37NOSi2. The molecule has 2 aliphatic heterocycles. The second-order valence-electron chi connectivity index (χ2n) is 10.6. The molecule has 2 aliphatic rings. The summed E-state index contributed by atoms with van der Waals surface area (Å²) in [5.74, 6) is 2.55. The molecular weight excluding hydrogens is 338 g/mol. The summed E-state index contributed by atoms with van der Waals surface area (Å²) < 4.78 is 5.74. The molecule has 0 aliphatic carbocycles. The molecule has 2 heterocycles. The summed E-state index contributed by atoms with van der Waals surface area (Å²) in [6.45, 7) is 17.6. The van der Waals surface area contributed by atoms with E-state index in [1.807, 2.05) is 7.11 Å². The van der Waals surface area contributed by atoms with Crippen molar-refractivity contribution in [1.29, 1.82) is 0 Å². The van der Waals surface area contributed by atoms with E-state index < -0.39 is 16.1 Å². The van der Waals surface area contributed by atoms with Gasteiger partial charge >= 0.3 is 0 Å². The Morgan fingerprint density at radius 1 is 0.880 bits per heavy atom. The van der Waals surface area contributed by atoms with Crippen molar-refractivity contribution in [1.82, 2.24) is 0 Å². The lowest BCUT2D eigenvalue weighted by atomic mass is 9.82. The average Bonchev–Trinajstić information content (AvgIpc) is 2.49. The molecule has 0 spiro atoms. The van der Waals surface area contributed by atoms with E-state index in [-0.39, 0.29) is 0 Å². The van der Waals surface area contributed by atoms with Crippen molar-refractivity contribution in [3.63, 3.8) is 0 Å². The van der Waals surface area contributed by atoms with Crippen LogP contribution in [0.15, 0.2) is 12.1 Å². The van der Waals surface area contributed by atoms with E-state index in [0.717, 1.165) is 17.6 Å². The SMILES string of the molecule is COc1cc2c3c(c1)[C@H](C[Si](C)(C)C)CCN3CC[C@H]2C[Si](C)(C)C. The van der Waals surface area contributed by atoms with E-state index >= 15 is 0 Å². The summed E-state index contributed by atoms with van der Waals surface area (Å²) in [7, 11) is -0.328. The number of hydrogen-bond acceptors (Lipinski definition) is 2. The lowest BCUT2D eigenvalue weighted by Crippen LogP contribution is -2.39. The molecule has 0 unspecified atom stereocenters. The van der Waals surface area contributed by atoms with Crippen LogP contribution in [0.5, 0.6) is 5.75 Å². The Labute approximate surface area is 157 Å². The fraction of sp³-hybridized carbons (Fsp3) is 0.714. The van der Waals surface area contributed by atoms with Gasteiger partial charge in [0.2, 0.25) is 0 Å². The third-order valence-corrected chi connectivity index (χ3v) is 9.22. The molecule has 0 saturated heterocycles. The Morgan fingerprint density at radius 3 is 1.68 bits per heavy atom. The van der Waals surface area contributed by atoms with E-state index in [0.29, 0.717) is 0 Å². The zero-order valence-electron chi connectivity index (χ0n) is 17.4. The zero-order valence-corrected chi connectivity index (χ0v) is 19.4. The predicted molar refractivity (Wildman–Crippen MR) is 116 cm³/mol. The summed E-state index contributed by atoms with van der Waals surface area (Å²) in [5.41, 5.74) is 4.80. The molecule has 3 rings (SSSR count). The number of hydrogen-bond donors (Lipinski definition) is 0. The van der Waals surface area contributed by atoms with E-state index in [1.165, 1.54) is 38.0 Å². The molecule has 0 fully saturated rings. The largest absolute Gasteiger partial charge is 0.497 e. The monoisotopic (exact) mass is 375 g/mol. The maximum Gasteiger partial charge on any atom is 0.119 e. The van der Waals surface area contributed by atoms with Crippen LogP contribution in [0.1, 0.15) is 35.8 Å². The van der Waals surface area contributed by atoms with E-state index in [4.69, 9.17) is 4.74 Å². The molecule has 0 N–H and O–H groups in total. The highest BCUT2D eigenvalue weighted by molar-refractivity contribution is 6.76. The van der Waals surface area contributed by atoms with Crippen molar-refractivity contribution in [2.24, 2.45) is 0 Å². The first kappa shape index (κ1) is 19.0. The molecule has 0 aromatic heterocycles. The van der Waals surface area contributed by atoms with Gasteiger partial charge in [0.25, 0.3) is 0 Å². The number of benzene rings is 1. The third-order valence-electron chi connectivity index (χ3n) is 5.79. The highest BCUT2D eigenvalue weighted by Gasteiger charge is 2.36. The van der Waals surface area contributed by atoms with Crippen LogP contribution in [0.4, 0.5) is 5.69 Å². The molecule has 0 radical (unpaired) electrons. The minimum Gasteiger partial charge on any atom is -0.497 e. The van der Waals surface area contributed by atoms with E-state index in [1.54, 1.807) is 16.8 Å². The second-order valence-corrected chi connectivity index (χ2v) is 21.7. The van der Waals surface area contributed by atoms with Crippen LogP contribution < -0.4 is 9.64 Å². The lowest BCUT2D eigenvalue weighted by Gasteiger charge is -2.44. The molecule has 2 nitrogen and oxygen atoms in total. The second kappa shape index (κ2) is 6.77. The highest BCUT2D eigenvalue weighted by Crippen LogP contribution is 2.50. The standard InChI is InChI=1S/C21H37NOSi2/c1-23-18-12-19-16(14-24(2,3)4)8-10-22-11-9-17(15-25(5,6)7)20(13-18)21(19)22/h12-13,16-17H,8-11,14-15H2,1-7H3/t16-,17-/m0/s1. The van der Waals surface area contributed by atoms with Crippen LogP contribution in [-0.2, 0) is 0 Å². The van der Waals surface area contributed by atoms with Gasteiger partial charge in [-0.1, -0.05) is 51.4 Å². The van der Waals surface area contributed by atoms with Crippen LogP contribution in [0.25, 0.3) is 0 Å². The Morgan fingerprint density at radius 2 is 1.32 bits per heavy atom. The summed E-state index contributed by atoms with van der Waals surface area (Å²) in [6, 6.07) is 7.54. The van der Waals surface area contributed by atoms with Gasteiger partial charge in [-0.3, -0.25) is 0 Å². The van der Waals surface area contributed by atoms with Crippen molar-refractivity contribution in [3.05, 3.63) is 23.3 Å². The first-order valence-corrected chi connectivity index (χ1v) is 17.5. The molecule has 0 saturated carbocycles. The number of rotatable bonds is 5. The van der Waals surface area contributed by atoms with Gasteiger partial charge in [-0.15, -0.1) is 0 Å². The van der Waals surface area contributed by atoms with Crippen LogP contribution in [0, 0.1) is 0 Å². The van der Waals surface area contributed by atoms with Crippen molar-refractivity contribution in [3.8, 4) is 5.75 Å². The normalized spacial score (nSPS) is 23.4. The molecule has 1 aromatic carbocycles. The number of anilines is 1. The highest BCUT2D eigenvalue weighted by atomic mass is 28.3. The molecule has 0 amide bonds. The Bertz CT molecular complexity index is 581. The molecule has 1 aromatic rings. The average molecular weight is 376 g/mol. The van der Waals surface area contributed by atoms with Gasteiger partial charge in [0, 0.05) is 34.9 Å². The van der Waals surface area contributed by atoms with Gasteiger partial charge in [0.15, 0.2) is 0 Å². The topological polar surface area (TPSA) is 12.5 Å². The van der Waals surface area contributed by atoms with Gasteiger partial charge in [-0.2, -0.15) is 0 Å². The quantitative estimate of drug-likeness (QED) is 0.572. The summed E-state index contributed by atoms with van der Waals surface area (Å²) >= 11 is 0. The number of nitrogens with zero attached hydrogens (tertiary/aromatic N) is 1. The van der Waals surface area contributed by atoms with Crippen molar-refractivity contribution in [2.75, 3.05) is 25.1 Å². The van der Waals surface area contributed by atoms with Crippen molar-refractivity contribution < 1.29 is 4.74 Å². The maximum absolute atomic E-state index is 5.74. The Kier molecular flexibility index (Phi) is 5.15. The van der Waals surface area contributed by atoms with Crippen LogP contribution >= 0.6 is 0 Å². The zero-order chi connectivity index (χ0) is 18.4. The fourth-order valence-electron chi connectivity index (χ4n) is 4.93. The van der Waals surface area contributed by atoms with E-state index in [9.17, 15) is 0 Å². The Balaban J connectivity index is 2.06. The lowest BCUT2D eigenvalue weighted by molar-refractivity contribution is 0.411. The molecule has 140 valence electrons. The molecule has 2 atom stereocenters. The summed E-state index contributed by atoms with van der Waals surface area (Å²) in [4.78, 5) is 2.69. The molecule has 0 bridgehead atoms. The van der Waals surface area contributed by atoms with Gasteiger partial charge in [0.05, 0.1) is 7.11 Å². The molecule has 25 heavy (non-hydrogen) atoms. The smallest absolute Gasteiger partial charge is 0.119 e. The first-order valence-electron chi connectivity index (χ1n) is 10.0. The first-order chi connectivity index (χ1) is 11.6. The minimum absolute atomic E-state index is 0.734. The third kappa shape index (κ3) is 4.33. The maximum atomic E-state index is 5.74. The van der Waals surface area contributed by atoms with E-state index in [2.05, 4.69) is 56.3 Å². The number of ether oxygens (including phenoxy) is 1. The minimum atomic E-state index is -1.08.